The number of rotatable bonds is 8. The van der Waals surface area contributed by atoms with Gasteiger partial charge in [-0.3, -0.25) is 0 Å². The highest BCUT2D eigenvalue weighted by Crippen LogP contribution is 2.37. The first-order valence-corrected chi connectivity index (χ1v) is 6.50. The van der Waals surface area contributed by atoms with Gasteiger partial charge in [-0.25, -0.2) is 4.98 Å². The summed E-state index contributed by atoms with van der Waals surface area (Å²) in [7, 11) is 1.73. The molecule has 0 aromatic carbocycles. The molecule has 1 N–H and O–H groups in total. The molecule has 1 aliphatic rings. The number of ether oxygens (including phenoxy) is 1. The maximum atomic E-state index is 5.01. The van der Waals surface area contributed by atoms with Crippen molar-refractivity contribution in [1.82, 2.24) is 14.9 Å². The molecule has 4 heteroatoms. The molecule has 1 unspecified atom stereocenters. The molecule has 4 nitrogen and oxygen atoms in total. The molecular weight excluding hydrogens is 214 g/mol. The van der Waals surface area contributed by atoms with Crippen molar-refractivity contribution in [1.29, 1.82) is 0 Å². The lowest BCUT2D eigenvalue weighted by atomic mass is 10.1. The van der Waals surface area contributed by atoms with Crippen LogP contribution in [0.15, 0.2) is 12.5 Å². The van der Waals surface area contributed by atoms with Gasteiger partial charge < -0.3 is 14.6 Å². The summed E-state index contributed by atoms with van der Waals surface area (Å²) in [5.74, 6) is 1.73. The van der Waals surface area contributed by atoms with Crippen LogP contribution in [-0.4, -0.2) is 29.8 Å². The van der Waals surface area contributed by atoms with Gasteiger partial charge in [-0.2, -0.15) is 0 Å². The van der Waals surface area contributed by atoms with Gasteiger partial charge in [0.1, 0.15) is 0 Å². The number of imidazole rings is 1. The molecule has 1 atom stereocenters. The van der Waals surface area contributed by atoms with Gasteiger partial charge in [-0.05, 0) is 24.7 Å². The summed E-state index contributed by atoms with van der Waals surface area (Å²) in [4.78, 5) is 4.25. The predicted molar refractivity (Wildman–Crippen MR) is 67.7 cm³/mol. The van der Waals surface area contributed by atoms with E-state index in [0.29, 0.717) is 0 Å². The first kappa shape index (κ1) is 12.6. The summed E-state index contributed by atoms with van der Waals surface area (Å²) in [5.41, 5.74) is 1.27. The fraction of sp³-hybridized carbons (Fsp3) is 0.769. The van der Waals surface area contributed by atoms with E-state index >= 15 is 0 Å². The second kappa shape index (κ2) is 6.17. The third-order valence-electron chi connectivity index (χ3n) is 3.50. The SMILES string of the molecule is COCCNCc1cncn1CC(C)C1CC1. The molecule has 1 heterocycles. The van der Waals surface area contributed by atoms with Crippen molar-refractivity contribution in [3.05, 3.63) is 18.2 Å². The van der Waals surface area contributed by atoms with E-state index in [4.69, 9.17) is 4.74 Å². The molecule has 1 aliphatic carbocycles. The van der Waals surface area contributed by atoms with E-state index in [1.807, 2.05) is 12.5 Å². The molecule has 0 aliphatic heterocycles. The average Bonchev–Trinajstić information content (AvgIpc) is 3.09. The highest BCUT2D eigenvalue weighted by atomic mass is 16.5. The van der Waals surface area contributed by atoms with Crippen molar-refractivity contribution in [2.24, 2.45) is 11.8 Å². The molecule has 1 saturated carbocycles. The Bertz CT molecular complexity index is 333. The minimum Gasteiger partial charge on any atom is -0.383 e. The highest BCUT2D eigenvalue weighted by molar-refractivity contribution is 4.98. The topological polar surface area (TPSA) is 39.1 Å². The maximum Gasteiger partial charge on any atom is 0.0948 e. The van der Waals surface area contributed by atoms with E-state index in [-0.39, 0.29) is 0 Å². The highest BCUT2D eigenvalue weighted by Gasteiger charge is 2.28. The zero-order valence-electron chi connectivity index (χ0n) is 10.9. The average molecular weight is 237 g/mol. The maximum absolute atomic E-state index is 5.01. The third kappa shape index (κ3) is 3.82. The second-order valence-electron chi connectivity index (χ2n) is 5.02. The first-order valence-electron chi connectivity index (χ1n) is 6.50. The van der Waals surface area contributed by atoms with Crippen LogP contribution in [0.2, 0.25) is 0 Å². The Balaban J connectivity index is 1.78. The molecule has 1 aromatic heterocycles. The van der Waals surface area contributed by atoms with Crippen LogP contribution in [0, 0.1) is 11.8 Å². The number of nitrogens with one attached hydrogen (secondary N) is 1. The molecule has 17 heavy (non-hydrogen) atoms. The number of nitrogens with zero attached hydrogens (tertiary/aromatic N) is 2. The largest absolute Gasteiger partial charge is 0.383 e. The number of hydrogen-bond donors (Lipinski definition) is 1. The van der Waals surface area contributed by atoms with Gasteiger partial charge in [0.15, 0.2) is 0 Å². The van der Waals surface area contributed by atoms with Gasteiger partial charge in [0.2, 0.25) is 0 Å². The van der Waals surface area contributed by atoms with Crippen LogP contribution >= 0.6 is 0 Å². The summed E-state index contributed by atoms with van der Waals surface area (Å²) in [5, 5.41) is 3.36. The molecule has 0 radical (unpaired) electrons. The van der Waals surface area contributed by atoms with E-state index in [1.54, 1.807) is 7.11 Å². The molecule has 2 rings (SSSR count). The van der Waals surface area contributed by atoms with Gasteiger partial charge in [-0.1, -0.05) is 6.92 Å². The minimum absolute atomic E-state index is 0.757. The Morgan fingerprint density at radius 2 is 2.41 bits per heavy atom. The van der Waals surface area contributed by atoms with Crippen LogP contribution in [-0.2, 0) is 17.8 Å². The smallest absolute Gasteiger partial charge is 0.0948 e. The molecule has 0 saturated heterocycles. The van der Waals surface area contributed by atoms with Crippen molar-refractivity contribution < 1.29 is 4.74 Å². The number of methoxy groups -OCH3 is 1. The standard InChI is InChI=1S/C13H23N3O/c1-11(12-3-4-12)9-16-10-15-8-13(16)7-14-5-6-17-2/h8,10-12,14H,3-7,9H2,1-2H3. The molecule has 0 amide bonds. The second-order valence-corrected chi connectivity index (χ2v) is 5.02. The molecular formula is C13H23N3O. The van der Waals surface area contributed by atoms with Gasteiger partial charge in [0, 0.05) is 32.9 Å². The zero-order chi connectivity index (χ0) is 12.1. The van der Waals surface area contributed by atoms with Crippen LogP contribution in [0.1, 0.15) is 25.5 Å². The Labute approximate surface area is 103 Å². The summed E-state index contributed by atoms with van der Waals surface area (Å²) < 4.78 is 7.29. The molecule has 0 spiro atoms. The van der Waals surface area contributed by atoms with Crippen molar-refractivity contribution in [2.75, 3.05) is 20.3 Å². The quantitative estimate of drug-likeness (QED) is 0.699. The Morgan fingerprint density at radius 3 is 3.12 bits per heavy atom. The fourth-order valence-corrected chi connectivity index (χ4v) is 2.18. The third-order valence-corrected chi connectivity index (χ3v) is 3.50. The first-order chi connectivity index (χ1) is 8.31. The van der Waals surface area contributed by atoms with E-state index in [1.165, 1.54) is 18.5 Å². The number of aromatic nitrogens is 2. The molecule has 0 bridgehead atoms. The van der Waals surface area contributed by atoms with Gasteiger partial charge in [-0.15, -0.1) is 0 Å². The van der Waals surface area contributed by atoms with Crippen LogP contribution < -0.4 is 5.32 Å². The van der Waals surface area contributed by atoms with Gasteiger partial charge in [0.05, 0.1) is 18.6 Å². The van der Waals surface area contributed by atoms with Crippen LogP contribution in [0.3, 0.4) is 0 Å². The lowest BCUT2D eigenvalue weighted by Gasteiger charge is -2.14. The Hall–Kier alpha value is -0.870. The normalized spacial score (nSPS) is 17.3. The molecule has 1 fully saturated rings. The number of hydrogen-bond acceptors (Lipinski definition) is 3. The van der Waals surface area contributed by atoms with Crippen molar-refractivity contribution in [3.63, 3.8) is 0 Å². The summed E-state index contributed by atoms with van der Waals surface area (Å²) in [6, 6.07) is 0. The Morgan fingerprint density at radius 1 is 1.59 bits per heavy atom. The monoisotopic (exact) mass is 237 g/mol. The summed E-state index contributed by atoms with van der Waals surface area (Å²) in [6.45, 7) is 5.97. The van der Waals surface area contributed by atoms with Gasteiger partial charge in [0.25, 0.3) is 0 Å². The van der Waals surface area contributed by atoms with E-state index < -0.39 is 0 Å². The van der Waals surface area contributed by atoms with E-state index in [2.05, 4.69) is 21.8 Å². The van der Waals surface area contributed by atoms with E-state index in [9.17, 15) is 0 Å². The minimum atomic E-state index is 0.757. The van der Waals surface area contributed by atoms with Crippen LogP contribution in [0.25, 0.3) is 0 Å². The lowest BCUT2D eigenvalue weighted by molar-refractivity contribution is 0.199. The predicted octanol–water partition coefficient (Wildman–Crippen LogP) is 1.67. The van der Waals surface area contributed by atoms with Crippen molar-refractivity contribution in [3.8, 4) is 0 Å². The van der Waals surface area contributed by atoms with Crippen molar-refractivity contribution in [2.45, 2.75) is 32.9 Å². The lowest BCUT2D eigenvalue weighted by Crippen LogP contribution is -2.21. The molecule has 1 aromatic rings. The zero-order valence-corrected chi connectivity index (χ0v) is 10.9. The Kier molecular flexibility index (Phi) is 4.57. The molecule has 96 valence electrons. The van der Waals surface area contributed by atoms with Crippen LogP contribution in [0.5, 0.6) is 0 Å². The van der Waals surface area contributed by atoms with Crippen molar-refractivity contribution >= 4 is 0 Å². The van der Waals surface area contributed by atoms with Crippen LogP contribution in [0.4, 0.5) is 0 Å². The fourth-order valence-electron chi connectivity index (χ4n) is 2.18. The summed E-state index contributed by atoms with van der Waals surface area (Å²) >= 11 is 0. The van der Waals surface area contributed by atoms with E-state index in [0.717, 1.165) is 38.1 Å². The van der Waals surface area contributed by atoms with Gasteiger partial charge >= 0.3 is 0 Å². The summed E-state index contributed by atoms with van der Waals surface area (Å²) in [6.07, 6.45) is 6.74.